The number of rotatable bonds is 13. The Morgan fingerprint density at radius 1 is 0.228 bits per heavy atom. The second-order valence-corrected chi connectivity index (χ2v) is 36.8. The molecule has 0 spiro atoms. The number of hydrogen-bond donors (Lipinski definition) is 0. The van der Waals surface area contributed by atoms with Crippen molar-refractivity contribution < 1.29 is 5.48 Å². The molecule has 640 valence electrons. The van der Waals surface area contributed by atoms with Crippen LogP contribution in [0.4, 0.5) is 0 Å². The highest BCUT2D eigenvalue weighted by molar-refractivity contribution is 7.27. The first kappa shape index (κ1) is 76.5. The number of fused-ring (bicyclic) bond motifs is 21. The third kappa shape index (κ3) is 14.5. The number of thiophene rings is 3. The zero-order chi connectivity index (χ0) is 93.7. The molecule has 12 nitrogen and oxygen atoms in total. The Morgan fingerprint density at radius 2 is 0.507 bits per heavy atom. The molecule has 0 bridgehead atoms. The lowest BCUT2D eigenvalue weighted by molar-refractivity contribution is 0.955. The normalized spacial score (nSPS) is 12.1. The Balaban J connectivity index is 0.000000111. The molecular weight excluding hydrogens is 1720 g/mol. The molecule has 15 heteroatoms. The van der Waals surface area contributed by atoms with E-state index in [4.69, 9.17) is 50.3 Å². The SMILES string of the molecule is C/C=C/c1ccc2sc3c(ccc4c5cc(-c6ccccc6)ccc5n(-c5nc(-c6ccccc6)nc(-c6ccccc6)n5)c43)c2c1.Cc1ccc2sc3c(ccc4c5cc(-c6ccccc6)ccc5n(-c5nc(-c6ccccc6)nc(-c6ccccc6)n5)c43)c2c1.[2H]c1c([2H])c([2H])c2c(c1[2H])c1ccc3c4cc(-c5ccccc5)ccc4sc3c1n2-c1nc(-c2ccccc2)nc(-c2ccccc2)n1. The lowest BCUT2D eigenvalue weighted by Gasteiger charge is -2.11. The predicted octanol–water partition coefficient (Wildman–Crippen LogP) is 32.4. The predicted molar refractivity (Wildman–Crippen MR) is 570 cm³/mol. The van der Waals surface area contributed by atoms with Gasteiger partial charge in [-0.25, -0.2) is 15.0 Å². The fourth-order valence-corrected chi connectivity index (χ4v) is 22.5. The van der Waals surface area contributed by atoms with E-state index in [1.807, 2.05) is 185 Å². The van der Waals surface area contributed by atoms with Gasteiger partial charge in [0.2, 0.25) is 17.8 Å². The first-order valence-corrected chi connectivity index (χ1v) is 47.5. The third-order valence-electron chi connectivity index (χ3n) is 25.2. The van der Waals surface area contributed by atoms with Crippen LogP contribution in [0.1, 0.15) is 23.5 Å². The molecule has 0 saturated heterocycles. The Bertz CT molecular complexity index is 9450. The molecule has 0 aliphatic heterocycles. The van der Waals surface area contributed by atoms with Crippen molar-refractivity contribution in [1.82, 2.24) is 58.6 Å². The maximum atomic E-state index is 9.14. The molecule has 0 amide bonds. The van der Waals surface area contributed by atoms with Crippen molar-refractivity contribution in [2.75, 3.05) is 0 Å². The van der Waals surface area contributed by atoms with Gasteiger partial charge in [0.15, 0.2) is 34.9 Å². The largest absolute Gasteiger partial charge is 0.276 e. The minimum Gasteiger partial charge on any atom is -0.276 e. The number of allylic oxidation sites excluding steroid dienone is 1. The van der Waals surface area contributed by atoms with Gasteiger partial charge in [0, 0.05) is 112 Å². The molecule has 0 radical (unpaired) electrons. The van der Waals surface area contributed by atoms with Crippen LogP contribution in [0.25, 0.3) is 252 Å². The maximum absolute atomic E-state index is 9.14. The fourth-order valence-electron chi connectivity index (χ4n) is 18.9. The van der Waals surface area contributed by atoms with Crippen molar-refractivity contribution in [1.29, 1.82) is 0 Å². The van der Waals surface area contributed by atoms with Crippen molar-refractivity contribution in [3.8, 4) is 120 Å². The van der Waals surface area contributed by atoms with Crippen molar-refractivity contribution >= 4 is 166 Å². The van der Waals surface area contributed by atoms with E-state index in [1.54, 1.807) is 11.3 Å². The van der Waals surface area contributed by atoms with Gasteiger partial charge in [-0.1, -0.05) is 376 Å². The molecule has 0 unspecified atom stereocenters. The van der Waals surface area contributed by atoms with Gasteiger partial charge in [0.25, 0.3) is 0 Å². The van der Waals surface area contributed by atoms with Crippen molar-refractivity contribution in [3.63, 3.8) is 0 Å². The monoisotopic (exact) mass is 1800 g/mol. The van der Waals surface area contributed by atoms with Crippen LogP contribution in [0.2, 0.25) is 0 Å². The van der Waals surface area contributed by atoms with Gasteiger partial charge >= 0.3 is 0 Å². The average Bonchev–Trinajstić information content (AvgIpc) is 1.56. The van der Waals surface area contributed by atoms with Gasteiger partial charge in [-0.05, 0) is 119 Å². The van der Waals surface area contributed by atoms with E-state index >= 15 is 0 Å². The van der Waals surface area contributed by atoms with Crippen LogP contribution in [0.5, 0.6) is 0 Å². The van der Waals surface area contributed by atoms with E-state index in [0.29, 0.717) is 63.1 Å². The number of aromatic nitrogens is 12. The highest BCUT2D eigenvalue weighted by Crippen LogP contribution is 2.49. The molecule has 9 heterocycles. The molecule has 0 fully saturated rings. The van der Waals surface area contributed by atoms with Crippen LogP contribution in [0.15, 0.2) is 431 Å². The van der Waals surface area contributed by atoms with E-state index in [2.05, 4.69) is 278 Å². The standard InChI is InChI=1S/C42H28N4S.C40H26N4S.C39H24N4S/c1-2-12-27-19-24-37-35(25-27)33-22-21-32-34-26-31(28-13-6-3-7-14-28)20-23-36(34)46(38(32)39(33)47-37)42-44-40(29-15-8-4-9-16-29)43-41(45-42)30-17-10-5-11-18-30;1-25-17-22-35-33(23-25)31-20-19-30-32-24-29(26-11-5-2-6-12-26)18-21-34(32)44(36(30)37(31)45-35)40-42-38(27-13-7-3-8-14-27)41-39(43-40)28-15-9-4-10-16-28;1-4-12-25(13-5-1)28-20-23-34-32(24-28)31-22-21-30-29-18-10-11-19-33(29)43(35(30)36(31)44-34)39-41-37(26-14-6-2-7-15-26)40-38(42-39)27-16-8-3-9-17-27/h2-26H,1H3;2-24H,1H3;1-24H/b12-2+;;/i;;10D,11D,18D,19D. The van der Waals surface area contributed by atoms with E-state index in [0.717, 1.165) is 92.3 Å². The van der Waals surface area contributed by atoms with E-state index < -0.39 is 0 Å². The summed E-state index contributed by atoms with van der Waals surface area (Å²) >= 11 is 5.29. The van der Waals surface area contributed by atoms with Crippen LogP contribution in [0, 0.1) is 6.92 Å². The molecule has 0 atom stereocenters. The van der Waals surface area contributed by atoms with E-state index in [1.165, 1.54) is 95.3 Å². The van der Waals surface area contributed by atoms with Gasteiger partial charge in [0.1, 0.15) is 0 Å². The summed E-state index contributed by atoms with van der Waals surface area (Å²) in [5.41, 5.74) is 20.3. The minimum atomic E-state index is -0.308. The number of nitrogens with zero attached hydrogens (tertiary/aromatic N) is 12. The molecule has 0 saturated carbocycles. The lowest BCUT2D eigenvalue weighted by Crippen LogP contribution is -2.06. The Morgan fingerprint density at radius 3 is 0.860 bits per heavy atom. The lowest BCUT2D eigenvalue weighted by atomic mass is 10.0. The molecular formula is C121H78N12S3. The average molecular weight is 1800 g/mol. The molecule has 136 heavy (non-hydrogen) atoms. The van der Waals surface area contributed by atoms with Crippen LogP contribution >= 0.6 is 34.0 Å². The molecule has 27 aromatic rings. The molecule has 0 aliphatic rings. The number of hydrogen-bond acceptors (Lipinski definition) is 12. The van der Waals surface area contributed by atoms with Crippen molar-refractivity contribution in [2.24, 2.45) is 0 Å². The summed E-state index contributed by atoms with van der Waals surface area (Å²) in [6.45, 7) is 4.22. The first-order chi connectivity index (χ1) is 68.9. The van der Waals surface area contributed by atoms with Gasteiger partial charge in [-0.15, -0.1) is 34.0 Å². The second kappa shape index (κ2) is 34.2. The Hall–Kier alpha value is -17.2. The van der Waals surface area contributed by atoms with Crippen molar-refractivity contribution in [2.45, 2.75) is 13.8 Å². The molecule has 0 N–H and O–H groups in total. The minimum absolute atomic E-state index is 0.0952. The first-order valence-electron chi connectivity index (χ1n) is 47.1. The number of benzene rings is 18. The summed E-state index contributed by atoms with van der Waals surface area (Å²) < 4.78 is 48.7. The number of aryl methyl sites for hydroxylation is 1. The summed E-state index contributed by atoms with van der Waals surface area (Å²) in [5.74, 6) is 5.00. The van der Waals surface area contributed by atoms with Crippen LogP contribution in [-0.2, 0) is 0 Å². The number of para-hydroxylation sites is 1. The second-order valence-electron chi connectivity index (χ2n) is 33.6. The van der Waals surface area contributed by atoms with Gasteiger partial charge < -0.3 is 0 Å². The summed E-state index contributed by atoms with van der Waals surface area (Å²) in [6.07, 6.45) is 4.25. The molecule has 18 aromatic carbocycles. The smallest absolute Gasteiger partial charge is 0.238 e. The topological polar surface area (TPSA) is 131 Å². The van der Waals surface area contributed by atoms with E-state index in [-0.39, 0.29) is 30.1 Å². The highest BCUT2D eigenvalue weighted by Gasteiger charge is 2.28. The zero-order valence-corrected chi connectivity index (χ0v) is 75.8. The molecule has 27 rings (SSSR count). The molecule has 9 aromatic heterocycles. The summed E-state index contributed by atoms with van der Waals surface area (Å²) in [7, 11) is 0. The van der Waals surface area contributed by atoms with Crippen molar-refractivity contribution in [3.05, 3.63) is 442 Å². The summed E-state index contributed by atoms with van der Waals surface area (Å²) in [6, 6.07) is 137. The zero-order valence-electron chi connectivity index (χ0n) is 77.4. The summed E-state index contributed by atoms with van der Waals surface area (Å²) in [4.78, 5) is 45.5. The Kier molecular flexibility index (Phi) is 19.2. The maximum Gasteiger partial charge on any atom is 0.238 e. The van der Waals surface area contributed by atoms with E-state index in [9.17, 15) is 0 Å². The Labute approximate surface area is 799 Å². The molecule has 0 aliphatic carbocycles. The van der Waals surface area contributed by atoms with Gasteiger partial charge in [-0.3, -0.25) is 13.7 Å². The summed E-state index contributed by atoms with van der Waals surface area (Å²) in [5, 5.41) is 13.0. The fraction of sp³-hybridized carbons (Fsp3) is 0.0165. The van der Waals surface area contributed by atoms with Gasteiger partial charge in [0.05, 0.1) is 52.7 Å². The quantitative estimate of drug-likeness (QED) is 0.111. The third-order valence-corrected chi connectivity index (χ3v) is 28.8. The van der Waals surface area contributed by atoms with Gasteiger partial charge in [-0.2, -0.15) is 29.9 Å². The van der Waals surface area contributed by atoms with Crippen LogP contribution < -0.4 is 0 Å². The van der Waals surface area contributed by atoms with Crippen LogP contribution in [0.3, 0.4) is 0 Å². The highest BCUT2D eigenvalue weighted by atomic mass is 32.1. The van der Waals surface area contributed by atoms with Crippen LogP contribution in [-0.4, -0.2) is 58.6 Å².